The van der Waals surface area contributed by atoms with E-state index in [0.717, 1.165) is 36.9 Å². The first kappa shape index (κ1) is 21.3. The zero-order valence-electron chi connectivity index (χ0n) is 16.1. The molecular weight excluding hydrogens is 496 g/mol. The zero-order chi connectivity index (χ0) is 20.8. The first-order valence-electron chi connectivity index (χ1n) is 9.01. The monoisotopic (exact) mass is 514 g/mol. The average molecular weight is 516 g/mol. The van der Waals surface area contributed by atoms with E-state index in [-0.39, 0.29) is 12.5 Å². The van der Waals surface area contributed by atoms with Gasteiger partial charge in [0.25, 0.3) is 5.91 Å². The highest BCUT2D eigenvalue weighted by Gasteiger charge is 2.09. The smallest absolute Gasteiger partial charge is 0.277 e. The van der Waals surface area contributed by atoms with Crippen LogP contribution in [0.5, 0.6) is 5.75 Å². The Balaban J connectivity index is 1.59. The molecule has 6 heteroatoms. The van der Waals surface area contributed by atoms with Gasteiger partial charge in [-0.2, -0.15) is 5.10 Å². The van der Waals surface area contributed by atoms with Crippen molar-refractivity contribution in [1.29, 1.82) is 0 Å². The van der Waals surface area contributed by atoms with Crippen LogP contribution in [0.2, 0.25) is 0 Å². The summed E-state index contributed by atoms with van der Waals surface area (Å²) in [4.78, 5) is 12.1. The zero-order valence-corrected chi connectivity index (χ0v) is 19.2. The summed E-state index contributed by atoms with van der Waals surface area (Å²) in [6, 6.07) is 22.1. The van der Waals surface area contributed by atoms with Crippen LogP contribution < -0.4 is 10.2 Å². The van der Waals surface area contributed by atoms with Gasteiger partial charge in [0, 0.05) is 4.47 Å². The number of rotatable bonds is 6. The van der Waals surface area contributed by atoms with Crippen LogP contribution in [-0.4, -0.2) is 18.2 Å². The third-order valence-electron chi connectivity index (χ3n) is 4.30. The Morgan fingerprint density at radius 1 is 1.00 bits per heavy atom. The number of carbonyl (C=O) groups is 1. The van der Waals surface area contributed by atoms with Crippen molar-refractivity contribution in [3.63, 3.8) is 0 Å². The number of benzene rings is 3. The minimum Gasteiger partial charge on any atom is -0.482 e. The number of carbonyl (C=O) groups excluding carboxylic acids is 1. The van der Waals surface area contributed by atoms with Crippen LogP contribution in [0.4, 0.5) is 0 Å². The number of hydrogen-bond donors (Lipinski definition) is 1. The topological polar surface area (TPSA) is 50.7 Å². The van der Waals surface area contributed by atoms with Crippen LogP contribution in [0.1, 0.15) is 18.1 Å². The van der Waals surface area contributed by atoms with Gasteiger partial charge in [-0.05, 0) is 64.2 Å². The molecule has 3 aromatic rings. The predicted octanol–water partition coefficient (Wildman–Crippen LogP) is 6.11. The molecule has 1 N–H and O–H groups in total. The summed E-state index contributed by atoms with van der Waals surface area (Å²) in [5, 5.41) is 4.19. The number of nitrogens with one attached hydrogen (secondary N) is 1. The van der Waals surface area contributed by atoms with Gasteiger partial charge >= 0.3 is 0 Å². The highest BCUT2D eigenvalue weighted by molar-refractivity contribution is 9.11. The van der Waals surface area contributed by atoms with E-state index in [1.165, 1.54) is 0 Å². The summed E-state index contributed by atoms with van der Waals surface area (Å²) >= 11 is 6.87. The van der Waals surface area contributed by atoms with Crippen LogP contribution >= 0.6 is 31.9 Å². The predicted molar refractivity (Wildman–Crippen MR) is 124 cm³/mol. The van der Waals surface area contributed by atoms with Crippen LogP contribution in [0, 0.1) is 6.92 Å². The van der Waals surface area contributed by atoms with Crippen molar-refractivity contribution in [2.45, 2.75) is 13.8 Å². The van der Waals surface area contributed by atoms with E-state index < -0.39 is 0 Å². The Bertz CT molecular complexity index is 1010. The van der Waals surface area contributed by atoms with E-state index in [9.17, 15) is 4.79 Å². The van der Waals surface area contributed by atoms with Crippen molar-refractivity contribution < 1.29 is 9.53 Å². The molecule has 29 heavy (non-hydrogen) atoms. The number of nitrogens with zero attached hydrogens (tertiary/aromatic N) is 1. The van der Waals surface area contributed by atoms with Gasteiger partial charge in [0.1, 0.15) is 5.75 Å². The minimum atomic E-state index is -0.320. The molecule has 0 atom stereocenters. The van der Waals surface area contributed by atoms with Crippen molar-refractivity contribution in [1.82, 2.24) is 5.43 Å². The standard InChI is InChI=1S/C23H20Br2N2O2/c1-15-12-20(24)13-21(25)23(15)29-14-22(28)27-26-16(2)17-8-10-19(11-9-17)18-6-4-3-5-7-18/h3-13H,14H2,1-2H3,(H,27,28)/b26-16+. The molecular formula is C23H20Br2N2O2. The second-order valence-corrected chi connectivity index (χ2v) is 8.27. The molecule has 1 amide bonds. The second kappa shape index (κ2) is 9.85. The summed E-state index contributed by atoms with van der Waals surface area (Å²) in [5.74, 6) is 0.319. The highest BCUT2D eigenvalue weighted by Crippen LogP contribution is 2.32. The molecule has 4 nitrogen and oxygen atoms in total. The average Bonchev–Trinajstić information content (AvgIpc) is 2.72. The number of hydrazone groups is 1. The van der Waals surface area contributed by atoms with Gasteiger partial charge in [-0.1, -0.05) is 70.5 Å². The molecule has 0 saturated heterocycles. The van der Waals surface area contributed by atoms with E-state index in [4.69, 9.17) is 4.74 Å². The van der Waals surface area contributed by atoms with Crippen molar-refractivity contribution in [2.24, 2.45) is 5.10 Å². The van der Waals surface area contributed by atoms with E-state index in [2.05, 4.69) is 54.5 Å². The van der Waals surface area contributed by atoms with Gasteiger partial charge in [-0.3, -0.25) is 4.79 Å². The van der Waals surface area contributed by atoms with Gasteiger partial charge in [0.15, 0.2) is 6.61 Å². The Hall–Kier alpha value is -2.44. The normalized spacial score (nSPS) is 11.2. The summed E-state index contributed by atoms with van der Waals surface area (Å²) in [7, 11) is 0. The maximum absolute atomic E-state index is 12.1. The molecule has 0 spiro atoms. The first-order valence-corrected chi connectivity index (χ1v) is 10.6. The fourth-order valence-corrected chi connectivity index (χ4v) is 4.34. The van der Waals surface area contributed by atoms with Crippen molar-refractivity contribution >= 4 is 43.5 Å². The van der Waals surface area contributed by atoms with Crippen LogP contribution in [-0.2, 0) is 4.79 Å². The van der Waals surface area contributed by atoms with E-state index >= 15 is 0 Å². The van der Waals surface area contributed by atoms with Crippen LogP contribution in [0.3, 0.4) is 0 Å². The van der Waals surface area contributed by atoms with Gasteiger partial charge in [-0.25, -0.2) is 5.43 Å². The minimum absolute atomic E-state index is 0.120. The summed E-state index contributed by atoms with van der Waals surface area (Å²) in [6.45, 7) is 3.66. The molecule has 0 aliphatic rings. The van der Waals surface area contributed by atoms with Gasteiger partial charge in [0.05, 0.1) is 10.2 Å². The fraction of sp³-hybridized carbons (Fsp3) is 0.130. The lowest BCUT2D eigenvalue weighted by atomic mass is 10.0. The number of ether oxygens (including phenoxy) is 1. The lowest BCUT2D eigenvalue weighted by Gasteiger charge is -2.11. The van der Waals surface area contributed by atoms with E-state index in [0.29, 0.717) is 5.75 Å². The van der Waals surface area contributed by atoms with Crippen LogP contribution in [0.15, 0.2) is 80.8 Å². The number of hydrogen-bond acceptors (Lipinski definition) is 3. The molecule has 0 aromatic heterocycles. The molecule has 0 aliphatic heterocycles. The Labute approximate surface area is 187 Å². The Kier molecular flexibility index (Phi) is 7.23. The highest BCUT2D eigenvalue weighted by atomic mass is 79.9. The molecule has 0 aliphatic carbocycles. The summed E-state index contributed by atoms with van der Waals surface area (Å²) in [5.41, 5.74) is 7.43. The molecule has 0 radical (unpaired) electrons. The third-order valence-corrected chi connectivity index (χ3v) is 5.35. The largest absolute Gasteiger partial charge is 0.482 e. The molecule has 3 rings (SSSR count). The lowest BCUT2D eigenvalue weighted by molar-refractivity contribution is -0.123. The number of aryl methyl sites for hydroxylation is 1. The van der Waals surface area contributed by atoms with Gasteiger partial charge in [-0.15, -0.1) is 0 Å². The number of halogens is 2. The summed E-state index contributed by atoms with van der Waals surface area (Å²) in [6.07, 6.45) is 0. The van der Waals surface area contributed by atoms with Crippen molar-refractivity contribution in [2.75, 3.05) is 6.61 Å². The van der Waals surface area contributed by atoms with E-state index in [1.54, 1.807) is 0 Å². The van der Waals surface area contributed by atoms with E-state index in [1.807, 2.05) is 68.4 Å². The van der Waals surface area contributed by atoms with Gasteiger partial charge in [0.2, 0.25) is 0 Å². The molecule has 0 bridgehead atoms. The third kappa shape index (κ3) is 5.78. The molecule has 0 saturated carbocycles. The van der Waals surface area contributed by atoms with Crippen molar-refractivity contribution in [3.8, 4) is 16.9 Å². The molecule has 3 aromatic carbocycles. The lowest BCUT2D eigenvalue weighted by Crippen LogP contribution is -2.25. The van der Waals surface area contributed by atoms with Crippen LogP contribution in [0.25, 0.3) is 11.1 Å². The molecule has 0 unspecified atom stereocenters. The quantitative estimate of drug-likeness (QED) is 0.318. The molecule has 148 valence electrons. The maximum atomic E-state index is 12.1. The molecule has 0 fully saturated rings. The summed E-state index contributed by atoms with van der Waals surface area (Å²) < 4.78 is 7.37. The fourth-order valence-electron chi connectivity index (χ4n) is 2.79. The Morgan fingerprint density at radius 3 is 2.31 bits per heavy atom. The molecule has 0 heterocycles. The SMILES string of the molecule is C/C(=N\NC(=O)COc1c(C)cc(Br)cc1Br)c1ccc(-c2ccccc2)cc1. The van der Waals surface area contributed by atoms with Crippen molar-refractivity contribution in [3.05, 3.63) is 86.8 Å². The maximum Gasteiger partial charge on any atom is 0.277 e. The Morgan fingerprint density at radius 2 is 1.66 bits per heavy atom. The first-order chi connectivity index (χ1) is 13.9. The number of amides is 1. The second-order valence-electron chi connectivity index (χ2n) is 6.50. The van der Waals surface area contributed by atoms with Gasteiger partial charge < -0.3 is 4.74 Å².